The van der Waals surface area contributed by atoms with Gasteiger partial charge >= 0.3 is 0 Å². The fraction of sp³-hybridized carbons (Fsp3) is 0.250. The summed E-state index contributed by atoms with van der Waals surface area (Å²) in [4.78, 5) is 2.24. The smallest absolute Gasteiger partial charge is 0.0984 e. The Morgan fingerprint density at radius 3 is 2.22 bits per heavy atom. The largest absolute Gasteiger partial charge is 0.372 e. The molecule has 0 N–H and O–H groups in total. The Morgan fingerprint density at radius 2 is 1.61 bits per heavy atom. The first-order valence-corrected chi connectivity index (χ1v) is 6.31. The average molecular weight is 239 g/mol. The molecule has 1 aliphatic heterocycles. The molecule has 2 aromatic rings. The van der Waals surface area contributed by atoms with Gasteiger partial charge in [0.05, 0.1) is 12.7 Å². The van der Waals surface area contributed by atoms with Crippen molar-refractivity contribution in [3.63, 3.8) is 0 Å². The van der Waals surface area contributed by atoms with E-state index in [1.165, 1.54) is 16.8 Å². The van der Waals surface area contributed by atoms with E-state index in [0.29, 0.717) is 6.10 Å². The van der Waals surface area contributed by atoms with Crippen molar-refractivity contribution in [2.75, 3.05) is 25.1 Å². The standard InChI is InChI=1S/C16H17NO/c1-17(11-16-12-18-16)15-9-7-14(8-10-15)13-5-3-2-4-6-13/h2-10,16H,11-12H2,1H3. The van der Waals surface area contributed by atoms with Crippen LogP contribution in [0.25, 0.3) is 11.1 Å². The Balaban J connectivity index is 1.76. The van der Waals surface area contributed by atoms with Gasteiger partial charge < -0.3 is 9.64 Å². The lowest BCUT2D eigenvalue weighted by molar-refractivity contribution is 0.410. The molecule has 0 spiro atoms. The van der Waals surface area contributed by atoms with Crippen LogP contribution in [-0.4, -0.2) is 26.3 Å². The third-order valence-electron chi connectivity index (χ3n) is 3.30. The van der Waals surface area contributed by atoms with Gasteiger partial charge in [0.25, 0.3) is 0 Å². The highest BCUT2D eigenvalue weighted by molar-refractivity contribution is 5.66. The summed E-state index contributed by atoms with van der Waals surface area (Å²) in [7, 11) is 2.11. The van der Waals surface area contributed by atoms with E-state index in [9.17, 15) is 0 Å². The first kappa shape index (κ1) is 11.3. The Morgan fingerprint density at radius 1 is 1.00 bits per heavy atom. The molecule has 0 saturated carbocycles. The van der Waals surface area contributed by atoms with E-state index in [2.05, 4.69) is 60.5 Å². The van der Waals surface area contributed by atoms with E-state index < -0.39 is 0 Å². The topological polar surface area (TPSA) is 15.8 Å². The van der Waals surface area contributed by atoms with Gasteiger partial charge in [0.2, 0.25) is 0 Å². The molecule has 1 unspecified atom stereocenters. The fourth-order valence-corrected chi connectivity index (χ4v) is 2.12. The molecule has 0 radical (unpaired) electrons. The summed E-state index contributed by atoms with van der Waals surface area (Å²) in [6, 6.07) is 19.1. The molecule has 1 saturated heterocycles. The summed E-state index contributed by atoms with van der Waals surface area (Å²) in [6.45, 7) is 1.89. The van der Waals surface area contributed by atoms with Gasteiger partial charge in [-0.1, -0.05) is 42.5 Å². The molecule has 1 atom stereocenters. The van der Waals surface area contributed by atoms with E-state index in [0.717, 1.165) is 13.2 Å². The first-order chi connectivity index (χ1) is 8.83. The monoisotopic (exact) mass is 239 g/mol. The minimum absolute atomic E-state index is 0.434. The second kappa shape index (κ2) is 4.83. The van der Waals surface area contributed by atoms with Crippen LogP contribution in [0.4, 0.5) is 5.69 Å². The van der Waals surface area contributed by atoms with Crippen molar-refractivity contribution < 1.29 is 4.74 Å². The van der Waals surface area contributed by atoms with Gasteiger partial charge in [-0.25, -0.2) is 0 Å². The number of rotatable bonds is 4. The maximum Gasteiger partial charge on any atom is 0.0984 e. The number of nitrogens with zero attached hydrogens (tertiary/aromatic N) is 1. The van der Waals surface area contributed by atoms with Gasteiger partial charge in [-0.3, -0.25) is 0 Å². The zero-order valence-electron chi connectivity index (χ0n) is 10.5. The number of likely N-dealkylation sites (N-methyl/N-ethyl adjacent to an activating group) is 1. The number of epoxide rings is 1. The zero-order chi connectivity index (χ0) is 12.4. The summed E-state index contributed by atoms with van der Waals surface area (Å²) in [5.74, 6) is 0. The molecule has 3 rings (SSSR count). The molecular weight excluding hydrogens is 222 g/mol. The van der Waals surface area contributed by atoms with Gasteiger partial charge in [0.1, 0.15) is 0 Å². The van der Waals surface area contributed by atoms with Crippen LogP contribution in [0.15, 0.2) is 54.6 Å². The van der Waals surface area contributed by atoms with Crippen LogP contribution in [-0.2, 0) is 4.74 Å². The van der Waals surface area contributed by atoms with Crippen molar-refractivity contribution in [1.82, 2.24) is 0 Å². The number of benzene rings is 2. The number of ether oxygens (including phenoxy) is 1. The molecular formula is C16H17NO. The molecule has 18 heavy (non-hydrogen) atoms. The van der Waals surface area contributed by atoms with Crippen LogP contribution >= 0.6 is 0 Å². The lowest BCUT2D eigenvalue weighted by Crippen LogP contribution is -2.22. The molecule has 1 aliphatic rings. The van der Waals surface area contributed by atoms with Gasteiger partial charge in [0.15, 0.2) is 0 Å². The van der Waals surface area contributed by atoms with E-state index in [-0.39, 0.29) is 0 Å². The Hall–Kier alpha value is -1.80. The number of anilines is 1. The van der Waals surface area contributed by atoms with Gasteiger partial charge in [0, 0.05) is 19.3 Å². The molecule has 1 heterocycles. The second-order valence-electron chi connectivity index (χ2n) is 4.75. The average Bonchev–Trinajstić information content (AvgIpc) is 3.24. The molecule has 0 aromatic heterocycles. The molecule has 2 heteroatoms. The SMILES string of the molecule is CN(CC1CO1)c1ccc(-c2ccccc2)cc1. The van der Waals surface area contributed by atoms with E-state index >= 15 is 0 Å². The molecule has 1 fully saturated rings. The summed E-state index contributed by atoms with van der Waals surface area (Å²) >= 11 is 0. The van der Waals surface area contributed by atoms with Crippen molar-refractivity contribution in [3.8, 4) is 11.1 Å². The Kier molecular flexibility index (Phi) is 3.03. The lowest BCUT2D eigenvalue weighted by Gasteiger charge is -2.18. The number of hydrogen-bond acceptors (Lipinski definition) is 2. The minimum Gasteiger partial charge on any atom is -0.372 e. The molecule has 92 valence electrons. The third-order valence-corrected chi connectivity index (χ3v) is 3.30. The predicted octanol–water partition coefficient (Wildman–Crippen LogP) is 3.19. The van der Waals surface area contributed by atoms with Crippen LogP contribution in [0.5, 0.6) is 0 Å². The second-order valence-corrected chi connectivity index (χ2v) is 4.75. The maximum atomic E-state index is 5.25. The summed E-state index contributed by atoms with van der Waals surface area (Å²) < 4.78 is 5.25. The fourth-order valence-electron chi connectivity index (χ4n) is 2.12. The van der Waals surface area contributed by atoms with Crippen LogP contribution in [0.1, 0.15) is 0 Å². The quantitative estimate of drug-likeness (QED) is 0.762. The highest BCUT2D eigenvalue weighted by Crippen LogP contribution is 2.23. The first-order valence-electron chi connectivity index (χ1n) is 6.31. The van der Waals surface area contributed by atoms with Crippen molar-refractivity contribution in [3.05, 3.63) is 54.6 Å². The van der Waals surface area contributed by atoms with Crippen LogP contribution in [0.2, 0.25) is 0 Å². The summed E-state index contributed by atoms with van der Waals surface area (Å²) in [5, 5.41) is 0. The molecule has 0 aliphatic carbocycles. The van der Waals surface area contributed by atoms with Crippen LogP contribution < -0.4 is 4.90 Å². The third kappa shape index (κ3) is 2.54. The normalized spacial score (nSPS) is 17.5. The molecule has 2 nitrogen and oxygen atoms in total. The molecule has 0 amide bonds. The zero-order valence-corrected chi connectivity index (χ0v) is 10.5. The van der Waals surface area contributed by atoms with E-state index in [1.54, 1.807) is 0 Å². The minimum atomic E-state index is 0.434. The van der Waals surface area contributed by atoms with E-state index in [4.69, 9.17) is 4.74 Å². The molecule has 0 bridgehead atoms. The van der Waals surface area contributed by atoms with Crippen molar-refractivity contribution in [1.29, 1.82) is 0 Å². The highest BCUT2D eigenvalue weighted by Gasteiger charge is 2.24. The Labute approximate surface area is 108 Å². The Bertz CT molecular complexity index is 502. The maximum absolute atomic E-state index is 5.25. The summed E-state index contributed by atoms with van der Waals surface area (Å²) in [6.07, 6.45) is 0.434. The van der Waals surface area contributed by atoms with Crippen molar-refractivity contribution in [2.45, 2.75) is 6.10 Å². The van der Waals surface area contributed by atoms with E-state index in [1.807, 2.05) is 6.07 Å². The lowest BCUT2D eigenvalue weighted by atomic mass is 10.1. The predicted molar refractivity (Wildman–Crippen MR) is 74.9 cm³/mol. The van der Waals surface area contributed by atoms with Gasteiger partial charge in [-0.15, -0.1) is 0 Å². The van der Waals surface area contributed by atoms with Gasteiger partial charge in [-0.05, 0) is 23.3 Å². The van der Waals surface area contributed by atoms with Gasteiger partial charge in [-0.2, -0.15) is 0 Å². The van der Waals surface area contributed by atoms with Crippen LogP contribution in [0.3, 0.4) is 0 Å². The summed E-state index contributed by atoms with van der Waals surface area (Å²) in [5.41, 5.74) is 3.76. The highest BCUT2D eigenvalue weighted by atomic mass is 16.6. The van der Waals surface area contributed by atoms with Crippen molar-refractivity contribution >= 4 is 5.69 Å². The van der Waals surface area contributed by atoms with Crippen molar-refractivity contribution in [2.24, 2.45) is 0 Å². The van der Waals surface area contributed by atoms with Crippen LogP contribution in [0, 0.1) is 0 Å². The molecule has 2 aromatic carbocycles. The number of hydrogen-bond donors (Lipinski definition) is 0.